The molecule has 22 heavy (non-hydrogen) atoms. The lowest BCUT2D eigenvalue weighted by molar-refractivity contribution is -0.0913. The molecule has 0 amide bonds. The first-order valence-electron chi connectivity index (χ1n) is 8.41. The molecule has 6 heteroatoms. The number of hydrogen-bond donors (Lipinski definition) is 1. The van der Waals surface area contributed by atoms with Gasteiger partial charge < -0.3 is 24.2 Å². The third kappa shape index (κ3) is 5.76. The summed E-state index contributed by atoms with van der Waals surface area (Å²) in [6, 6.07) is 0. The smallest absolute Gasteiger partial charge is 0.107 e. The molecule has 2 aliphatic rings. The largest absolute Gasteiger partial charge is 0.381 e. The van der Waals surface area contributed by atoms with E-state index < -0.39 is 6.23 Å². The van der Waals surface area contributed by atoms with Gasteiger partial charge in [-0.05, 0) is 39.8 Å². The first kappa shape index (κ1) is 18.1. The van der Waals surface area contributed by atoms with Gasteiger partial charge in [0.25, 0.3) is 0 Å². The molecule has 0 aromatic rings. The minimum absolute atomic E-state index is 0.355. The zero-order valence-corrected chi connectivity index (χ0v) is 14.2. The summed E-state index contributed by atoms with van der Waals surface area (Å²) in [4.78, 5) is 4.19. The van der Waals surface area contributed by atoms with Crippen LogP contribution in [-0.4, -0.2) is 93.5 Å². The molecular weight excluding hydrogens is 284 g/mol. The van der Waals surface area contributed by atoms with Gasteiger partial charge in [0.2, 0.25) is 0 Å². The van der Waals surface area contributed by atoms with Gasteiger partial charge in [0.05, 0.1) is 24.9 Å². The summed E-state index contributed by atoms with van der Waals surface area (Å²) < 4.78 is 16.7. The van der Waals surface area contributed by atoms with Gasteiger partial charge in [-0.25, -0.2) is 0 Å². The first-order chi connectivity index (χ1) is 10.6. The van der Waals surface area contributed by atoms with Crippen molar-refractivity contribution in [2.45, 2.75) is 50.2 Å². The molecule has 2 rings (SSSR count). The van der Waals surface area contributed by atoms with Crippen molar-refractivity contribution in [3.05, 3.63) is 0 Å². The molecule has 1 saturated heterocycles. The third-order valence-corrected chi connectivity index (χ3v) is 4.68. The topological polar surface area (TPSA) is 54.4 Å². The Balaban J connectivity index is 1.41. The predicted octanol–water partition coefficient (Wildman–Crippen LogP) is 0.541. The number of ether oxygens (including phenoxy) is 3. The number of likely N-dealkylation sites (tertiary alicyclic amines) is 1. The van der Waals surface area contributed by atoms with Gasteiger partial charge in [-0.15, -0.1) is 0 Å². The molecule has 0 aromatic heterocycles. The zero-order valence-electron chi connectivity index (χ0n) is 14.2. The molecule has 2 fully saturated rings. The second kappa shape index (κ2) is 9.15. The lowest BCUT2D eigenvalue weighted by Crippen LogP contribution is -2.50. The lowest BCUT2D eigenvalue weighted by Gasteiger charge is -2.36. The van der Waals surface area contributed by atoms with Crippen molar-refractivity contribution >= 4 is 0 Å². The molecule has 1 atom stereocenters. The minimum atomic E-state index is -0.413. The Kier molecular flexibility index (Phi) is 7.53. The van der Waals surface area contributed by atoms with Crippen molar-refractivity contribution < 1.29 is 19.3 Å². The van der Waals surface area contributed by atoms with Crippen LogP contribution in [0.5, 0.6) is 0 Å². The number of likely N-dealkylation sites (N-methyl/N-ethyl adjacent to an activating group) is 2. The number of nitrogens with zero attached hydrogens (tertiary/aromatic N) is 2. The van der Waals surface area contributed by atoms with E-state index in [2.05, 4.69) is 11.9 Å². The second-order valence-electron chi connectivity index (χ2n) is 6.64. The molecule has 1 aliphatic heterocycles. The number of aliphatic hydroxyl groups is 1. The highest BCUT2D eigenvalue weighted by molar-refractivity contribution is 4.80. The monoisotopic (exact) mass is 316 g/mol. The van der Waals surface area contributed by atoms with Crippen LogP contribution in [0.3, 0.4) is 0 Å². The highest BCUT2D eigenvalue weighted by Gasteiger charge is 2.29. The van der Waals surface area contributed by atoms with Gasteiger partial charge in [-0.2, -0.15) is 0 Å². The van der Waals surface area contributed by atoms with Crippen molar-refractivity contribution in [3.8, 4) is 0 Å². The van der Waals surface area contributed by atoms with Crippen molar-refractivity contribution in [3.63, 3.8) is 0 Å². The van der Waals surface area contributed by atoms with Crippen LogP contribution in [0.25, 0.3) is 0 Å². The summed E-state index contributed by atoms with van der Waals surface area (Å²) in [5.74, 6) is 0. The fraction of sp³-hybridized carbons (Fsp3) is 1.00. The summed E-state index contributed by atoms with van der Waals surface area (Å²) >= 11 is 0. The van der Waals surface area contributed by atoms with Gasteiger partial charge in [-0.3, -0.25) is 4.90 Å². The summed E-state index contributed by atoms with van der Waals surface area (Å²) in [7, 11) is 5.79. The maximum Gasteiger partial charge on any atom is 0.107 e. The predicted molar refractivity (Wildman–Crippen MR) is 84.9 cm³/mol. The van der Waals surface area contributed by atoms with E-state index in [9.17, 15) is 5.11 Å². The van der Waals surface area contributed by atoms with Gasteiger partial charge in [-0.1, -0.05) is 0 Å². The van der Waals surface area contributed by atoms with E-state index in [1.807, 2.05) is 11.9 Å². The van der Waals surface area contributed by atoms with Crippen molar-refractivity contribution in [1.82, 2.24) is 9.80 Å². The van der Waals surface area contributed by atoms with Crippen LogP contribution < -0.4 is 0 Å². The fourth-order valence-corrected chi connectivity index (χ4v) is 2.84. The summed E-state index contributed by atoms with van der Waals surface area (Å²) in [5.41, 5.74) is 0. The number of rotatable bonds is 11. The van der Waals surface area contributed by atoms with Crippen LogP contribution >= 0.6 is 0 Å². The molecule has 0 spiro atoms. The minimum Gasteiger partial charge on any atom is -0.381 e. The van der Waals surface area contributed by atoms with E-state index in [4.69, 9.17) is 14.2 Å². The Hall–Kier alpha value is -0.240. The average molecular weight is 316 g/mol. The molecule has 0 aromatic carbocycles. The van der Waals surface area contributed by atoms with Gasteiger partial charge in [0.15, 0.2) is 0 Å². The highest BCUT2D eigenvalue weighted by atomic mass is 16.5. The third-order valence-electron chi connectivity index (χ3n) is 4.68. The van der Waals surface area contributed by atoms with E-state index in [1.165, 1.54) is 0 Å². The molecule has 1 aliphatic carbocycles. The molecule has 6 nitrogen and oxygen atoms in total. The number of aliphatic hydroxyl groups excluding tert-OH is 1. The number of hydrogen-bond acceptors (Lipinski definition) is 6. The van der Waals surface area contributed by atoms with Gasteiger partial charge in [0.1, 0.15) is 6.23 Å². The normalized spacial score (nSPS) is 27.7. The van der Waals surface area contributed by atoms with E-state index in [0.717, 1.165) is 51.9 Å². The van der Waals surface area contributed by atoms with Gasteiger partial charge in [0, 0.05) is 33.4 Å². The average Bonchev–Trinajstić information content (AvgIpc) is 2.42. The molecule has 1 N–H and O–H groups in total. The summed E-state index contributed by atoms with van der Waals surface area (Å²) in [6.07, 6.45) is 4.34. The molecule has 1 saturated carbocycles. The maximum atomic E-state index is 10.1. The van der Waals surface area contributed by atoms with Gasteiger partial charge >= 0.3 is 0 Å². The van der Waals surface area contributed by atoms with Crippen LogP contribution in [0.1, 0.15) is 25.7 Å². The molecular formula is C16H32N2O4. The van der Waals surface area contributed by atoms with Crippen molar-refractivity contribution in [2.24, 2.45) is 0 Å². The molecule has 130 valence electrons. The Morgan fingerprint density at radius 3 is 2.45 bits per heavy atom. The standard InChI is InChI=1S/C16H32N2O4/c1-17-11-15(12-17)22-8-6-18(2)16(19)5-4-7-21-14-9-13(10-14)20-3/h13-16,19H,4-12H2,1-3H3. The van der Waals surface area contributed by atoms with E-state index in [1.54, 1.807) is 7.11 Å². The van der Waals surface area contributed by atoms with Crippen molar-refractivity contribution in [1.29, 1.82) is 0 Å². The number of methoxy groups -OCH3 is 1. The van der Waals surface area contributed by atoms with Crippen LogP contribution in [-0.2, 0) is 14.2 Å². The Morgan fingerprint density at radius 2 is 1.82 bits per heavy atom. The summed E-state index contributed by atoms with van der Waals surface area (Å²) in [5, 5.41) is 10.1. The molecule has 1 unspecified atom stereocenters. The summed E-state index contributed by atoms with van der Waals surface area (Å²) in [6.45, 7) is 4.21. The molecule has 1 heterocycles. The SMILES string of the molecule is COC1CC(OCCCC(O)N(C)CCOC2CN(C)C2)C1. The fourth-order valence-electron chi connectivity index (χ4n) is 2.84. The van der Waals surface area contributed by atoms with Crippen LogP contribution in [0, 0.1) is 0 Å². The first-order valence-corrected chi connectivity index (χ1v) is 8.41. The van der Waals surface area contributed by atoms with E-state index in [0.29, 0.717) is 24.9 Å². The Morgan fingerprint density at radius 1 is 1.14 bits per heavy atom. The quantitative estimate of drug-likeness (QED) is 0.444. The molecule has 0 bridgehead atoms. The second-order valence-corrected chi connectivity index (χ2v) is 6.64. The highest BCUT2D eigenvalue weighted by Crippen LogP contribution is 2.25. The van der Waals surface area contributed by atoms with Crippen LogP contribution in [0.4, 0.5) is 0 Å². The van der Waals surface area contributed by atoms with Crippen LogP contribution in [0.2, 0.25) is 0 Å². The Bertz CT molecular complexity index is 307. The maximum absolute atomic E-state index is 10.1. The van der Waals surface area contributed by atoms with Crippen LogP contribution in [0.15, 0.2) is 0 Å². The van der Waals surface area contributed by atoms with E-state index in [-0.39, 0.29) is 0 Å². The lowest BCUT2D eigenvalue weighted by atomic mass is 9.92. The Labute approximate surface area is 134 Å². The molecule has 0 radical (unpaired) electrons. The van der Waals surface area contributed by atoms with Crippen molar-refractivity contribution in [2.75, 3.05) is 54.1 Å². The zero-order chi connectivity index (χ0) is 15.9. The van der Waals surface area contributed by atoms with E-state index >= 15 is 0 Å².